The Hall–Kier alpha value is -5.84. The van der Waals surface area contributed by atoms with Crippen molar-refractivity contribution in [2.45, 2.75) is 0 Å². The molecule has 0 bridgehead atoms. The molecule has 0 N–H and O–H groups in total. The molecule has 1 unspecified atom stereocenters. The van der Waals surface area contributed by atoms with E-state index in [-0.39, 0.29) is 0 Å². The first-order valence-corrected chi connectivity index (χ1v) is 16.7. The molecule has 0 aliphatic carbocycles. The second kappa shape index (κ2) is 11.6. The SMILES string of the molecule is O=P1(c2ccccc2)c2ccccc2N(c2nc(-c3ccccc3)nc(-c3ccccc3)n2)c2ccccc2N1c1ccccc1. The molecular weight excluding hydrogens is 585 g/mol. The lowest BCUT2D eigenvalue weighted by Crippen LogP contribution is -2.29. The summed E-state index contributed by atoms with van der Waals surface area (Å²) in [5.74, 6) is 1.53. The molecule has 1 aliphatic heterocycles. The Bertz CT molecular complexity index is 2140. The first-order chi connectivity index (χ1) is 22.7. The molecule has 46 heavy (non-hydrogen) atoms. The summed E-state index contributed by atoms with van der Waals surface area (Å²) in [7, 11) is -3.54. The smallest absolute Gasteiger partial charge is 0.238 e. The Kier molecular flexibility index (Phi) is 6.97. The summed E-state index contributed by atoms with van der Waals surface area (Å²) >= 11 is 0. The fourth-order valence-corrected chi connectivity index (χ4v) is 9.00. The molecule has 7 heteroatoms. The summed E-state index contributed by atoms with van der Waals surface area (Å²) in [5, 5.41) is 1.41. The summed E-state index contributed by atoms with van der Waals surface area (Å²) in [6, 6.07) is 55.5. The lowest BCUT2D eigenvalue weighted by molar-refractivity contribution is 0.587. The number of hydrogen-bond acceptors (Lipinski definition) is 5. The van der Waals surface area contributed by atoms with Crippen molar-refractivity contribution in [3.63, 3.8) is 0 Å². The Morgan fingerprint density at radius 2 is 0.891 bits per heavy atom. The first kappa shape index (κ1) is 27.7. The van der Waals surface area contributed by atoms with Crippen LogP contribution in [0.25, 0.3) is 22.8 Å². The van der Waals surface area contributed by atoms with Gasteiger partial charge in [0.25, 0.3) is 0 Å². The molecule has 7 aromatic rings. The highest BCUT2D eigenvalue weighted by atomic mass is 31.2. The first-order valence-electron chi connectivity index (χ1n) is 15.1. The minimum atomic E-state index is -3.54. The minimum Gasteiger partial charge on any atom is -0.289 e. The largest absolute Gasteiger partial charge is 0.289 e. The average Bonchev–Trinajstić information content (AvgIpc) is 3.23. The van der Waals surface area contributed by atoms with Gasteiger partial charge < -0.3 is 0 Å². The van der Waals surface area contributed by atoms with Crippen LogP contribution in [0, 0.1) is 0 Å². The molecule has 1 aliphatic rings. The third kappa shape index (κ3) is 4.68. The molecule has 220 valence electrons. The van der Waals surface area contributed by atoms with Gasteiger partial charge in [-0.25, -0.2) is 4.98 Å². The van der Waals surface area contributed by atoms with Crippen LogP contribution < -0.4 is 20.2 Å². The van der Waals surface area contributed by atoms with E-state index >= 15 is 4.57 Å². The number of benzene rings is 6. The molecule has 6 nitrogen and oxygen atoms in total. The van der Waals surface area contributed by atoms with E-state index in [1.807, 2.05) is 179 Å². The van der Waals surface area contributed by atoms with Crippen LogP contribution in [-0.2, 0) is 4.57 Å². The van der Waals surface area contributed by atoms with Crippen LogP contribution in [0.5, 0.6) is 0 Å². The van der Waals surface area contributed by atoms with Crippen molar-refractivity contribution >= 4 is 46.6 Å². The van der Waals surface area contributed by atoms with Gasteiger partial charge in [-0.1, -0.05) is 121 Å². The number of fused-ring (bicyclic) bond motifs is 2. The van der Waals surface area contributed by atoms with Gasteiger partial charge in [0, 0.05) is 22.1 Å². The van der Waals surface area contributed by atoms with Gasteiger partial charge in [-0.05, 0) is 48.5 Å². The maximum atomic E-state index is 16.2. The van der Waals surface area contributed by atoms with Gasteiger partial charge >= 0.3 is 0 Å². The van der Waals surface area contributed by atoms with E-state index in [4.69, 9.17) is 15.0 Å². The third-order valence-electron chi connectivity index (χ3n) is 8.08. The van der Waals surface area contributed by atoms with Gasteiger partial charge in [0.1, 0.15) is 0 Å². The highest BCUT2D eigenvalue weighted by Crippen LogP contribution is 2.61. The molecule has 2 heterocycles. The number of hydrogen-bond donors (Lipinski definition) is 0. The van der Waals surface area contributed by atoms with Gasteiger partial charge in [0.15, 0.2) is 11.6 Å². The van der Waals surface area contributed by atoms with E-state index < -0.39 is 7.29 Å². The minimum absolute atomic E-state index is 0.433. The van der Waals surface area contributed by atoms with Crippen molar-refractivity contribution in [1.29, 1.82) is 0 Å². The summed E-state index contributed by atoms with van der Waals surface area (Å²) in [4.78, 5) is 17.2. The van der Waals surface area contributed by atoms with Crippen molar-refractivity contribution < 1.29 is 4.57 Å². The van der Waals surface area contributed by atoms with E-state index in [1.54, 1.807) is 0 Å². The number of anilines is 5. The number of para-hydroxylation sites is 4. The molecular formula is C39H28N5OP. The molecule has 1 atom stereocenters. The molecule has 0 saturated carbocycles. The second-order valence-electron chi connectivity index (χ2n) is 10.9. The fraction of sp³-hybridized carbons (Fsp3) is 0. The summed E-state index contributed by atoms with van der Waals surface area (Å²) in [5.41, 5.74) is 4.90. The highest BCUT2D eigenvalue weighted by Gasteiger charge is 2.43. The molecule has 6 aromatic carbocycles. The van der Waals surface area contributed by atoms with Crippen LogP contribution in [-0.4, -0.2) is 15.0 Å². The van der Waals surface area contributed by atoms with Gasteiger partial charge in [0.05, 0.1) is 22.4 Å². The number of nitrogens with zero attached hydrogens (tertiary/aromatic N) is 5. The van der Waals surface area contributed by atoms with Crippen molar-refractivity contribution in [3.8, 4) is 22.8 Å². The van der Waals surface area contributed by atoms with E-state index in [9.17, 15) is 0 Å². The normalized spacial score (nSPS) is 15.5. The predicted octanol–water partition coefficient (Wildman–Crippen LogP) is 9.06. The van der Waals surface area contributed by atoms with Crippen molar-refractivity contribution in [2.75, 3.05) is 9.57 Å². The summed E-state index contributed by atoms with van der Waals surface area (Å²) in [6.07, 6.45) is 0. The third-order valence-corrected chi connectivity index (χ3v) is 11.1. The standard InChI is InChI=1S/C39H28N5OP/c45-46(32-23-11-4-12-24-32)36-28-16-15-27-35(36)43(33-25-13-14-26-34(33)44(46)31-21-9-3-10-22-31)39-41-37(29-17-5-1-6-18-29)40-38(42-39)30-19-7-2-8-20-30/h1-28H. The molecule has 0 amide bonds. The molecule has 0 fully saturated rings. The highest BCUT2D eigenvalue weighted by molar-refractivity contribution is 7.80. The molecule has 8 rings (SSSR count). The fourth-order valence-electron chi connectivity index (χ4n) is 6.00. The van der Waals surface area contributed by atoms with Crippen LogP contribution in [0.3, 0.4) is 0 Å². The Labute approximate surface area is 267 Å². The summed E-state index contributed by atoms with van der Waals surface area (Å²) in [6.45, 7) is 0. The Morgan fingerprint density at radius 3 is 1.48 bits per heavy atom. The van der Waals surface area contributed by atoms with E-state index in [0.717, 1.165) is 39.2 Å². The average molecular weight is 614 g/mol. The zero-order valence-corrected chi connectivity index (χ0v) is 25.7. The van der Waals surface area contributed by atoms with Crippen LogP contribution in [0.2, 0.25) is 0 Å². The second-order valence-corrected chi connectivity index (χ2v) is 13.4. The number of rotatable bonds is 5. The molecule has 0 radical (unpaired) electrons. The molecule has 1 aromatic heterocycles. The van der Waals surface area contributed by atoms with E-state index in [2.05, 4.69) is 0 Å². The van der Waals surface area contributed by atoms with Gasteiger partial charge in [-0.15, -0.1) is 0 Å². The summed E-state index contributed by atoms with van der Waals surface area (Å²) < 4.78 is 18.2. The maximum Gasteiger partial charge on any atom is 0.238 e. The topological polar surface area (TPSA) is 62.2 Å². The van der Waals surface area contributed by atoms with Crippen LogP contribution >= 0.6 is 7.29 Å². The van der Waals surface area contributed by atoms with E-state index in [0.29, 0.717) is 22.9 Å². The quantitative estimate of drug-likeness (QED) is 0.181. The van der Waals surface area contributed by atoms with Gasteiger partial charge in [0.2, 0.25) is 13.2 Å². The van der Waals surface area contributed by atoms with Gasteiger partial charge in [-0.3, -0.25) is 14.1 Å². The molecule has 0 saturated heterocycles. The zero-order valence-electron chi connectivity index (χ0n) is 24.8. The predicted molar refractivity (Wildman–Crippen MR) is 187 cm³/mol. The van der Waals surface area contributed by atoms with Crippen LogP contribution in [0.15, 0.2) is 170 Å². The monoisotopic (exact) mass is 613 g/mol. The maximum absolute atomic E-state index is 16.2. The van der Waals surface area contributed by atoms with Gasteiger partial charge in [-0.2, -0.15) is 9.97 Å². The molecule has 0 spiro atoms. The Balaban J connectivity index is 1.47. The lowest BCUT2D eigenvalue weighted by atomic mass is 10.2. The van der Waals surface area contributed by atoms with E-state index in [1.165, 1.54) is 0 Å². The number of aromatic nitrogens is 3. The van der Waals surface area contributed by atoms with Crippen molar-refractivity contribution in [1.82, 2.24) is 15.0 Å². The van der Waals surface area contributed by atoms with Crippen LogP contribution in [0.1, 0.15) is 0 Å². The van der Waals surface area contributed by atoms with Crippen molar-refractivity contribution in [3.05, 3.63) is 170 Å². The van der Waals surface area contributed by atoms with Crippen molar-refractivity contribution in [2.24, 2.45) is 0 Å². The zero-order chi connectivity index (χ0) is 30.9. The van der Waals surface area contributed by atoms with Crippen LogP contribution in [0.4, 0.5) is 28.7 Å². The lowest BCUT2D eigenvalue weighted by Gasteiger charge is -2.33. The Morgan fingerprint density at radius 1 is 0.435 bits per heavy atom.